The number of imidazole rings is 1. The van der Waals surface area contributed by atoms with Gasteiger partial charge in [-0.05, 0) is 56.1 Å². The third-order valence-corrected chi connectivity index (χ3v) is 5.15. The number of hydrogen-bond acceptors (Lipinski definition) is 2. The SMILES string of the molecule is O=c1[nH]c2ccccc2c2nc3cc(Br)c(Br)cc3n12. The number of nitrogens with one attached hydrogen (secondary N) is 1. The summed E-state index contributed by atoms with van der Waals surface area (Å²) in [5, 5.41) is 0.926. The molecule has 0 aliphatic rings. The quantitative estimate of drug-likeness (QED) is 0.494. The van der Waals surface area contributed by atoms with E-state index in [-0.39, 0.29) is 5.69 Å². The minimum Gasteiger partial charge on any atom is -0.306 e. The Morgan fingerprint density at radius 3 is 2.70 bits per heavy atom. The van der Waals surface area contributed by atoms with Crippen LogP contribution in [0.15, 0.2) is 50.1 Å². The van der Waals surface area contributed by atoms with Gasteiger partial charge in [-0.25, -0.2) is 14.2 Å². The molecule has 0 atom stereocenters. The Hall–Kier alpha value is -1.66. The van der Waals surface area contributed by atoms with Crippen molar-refractivity contribution in [2.75, 3.05) is 0 Å². The molecule has 2 aromatic carbocycles. The van der Waals surface area contributed by atoms with Gasteiger partial charge in [0.25, 0.3) is 0 Å². The second kappa shape index (κ2) is 4.17. The smallest absolute Gasteiger partial charge is 0.306 e. The van der Waals surface area contributed by atoms with Crippen LogP contribution in [0.5, 0.6) is 0 Å². The maximum Gasteiger partial charge on any atom is 0.332 e. The van der Waals surface area contributed by atoms with E-state index in [4.69, 9.17) is 0 Å². The molecule has 0 bridgehead atoms. The van der Waals surface area contributed by atoms with Crippen molar-refractivity contribution < 1.29 is 0 Å². The molecule has 0 unspecified atom stereocenters. The zero-order chi connectivity index (χ0) is 13.9. The van der Waals surface area contributed by atoms with Crippen LogP contribution in [0.25, 0.3) is 27.6 Å². The zero-order valence-electron chi connectivity index (χ0n) is 10.0. The Bertz CT molecular complexity index is 1050. The first-order valence-corrected chi connectivity index (χ1v) is 7.52. The van der Waals surface area contributed by atoms with Gasteiger partial charge in [0.1, 0.15) is 0 Å². The molecule has 4 nitrogen and oxygen atoms in total. The van der Waals surface area contributed by atoms with Crippen LogP contribution >= 0.6 is 31.9 Å². The molecule has 4 aromatic rings. The van der Waals surface area contributed by atoms with Crippen molar-refractivity contribution in [2.45, 2.75) is 0 Å². The molecule has 4 rings (SSSR count). The Kier molecular flexibility index (Phi) is 2.52. The lowest BCUT2D eigenvalue weighted by Gasteiger charge is -2.00. The molecule has 0 radical (unpaired) electrons. The Balaban J connectivity index is 2.35. The molecule has 98 valence electrons. The lowest BCUT2D eigenvalue weighted by molar-refractivity contribution is 1.06. The van der Waals surface area contributed by atoms with Gasteiger partial charge in [-0.2, -0.15) is 0 Å². The van der Waals surface area contributed by atoms with E-state index < -0.39 is 0 Å². The highest BCUT2D eigenvalue weighted by Crippen LogP contribution is 2.29. The highest BCUT2D eigenvalue weighted by atomic mass is 79.9. The van der Waals surface area contributed by atoms with Crippen molar-refractivity contribution in [1.82, 2.24) is 14.4 Å². The Morgan fingerprint density at radius 2 is 1.85 bits per heavy atom. The fourth-order valence-corrected chi connectivity index (χ4v) is 3.08. The summed E-state index contributed by atoms with van der Waals surface area (Å²) in [6.07, 6.45) is 0. The Labute approximate surface area is 129 Å². The lowest BCUT2D eigenvalue weighted by Crippen LogP contribution is -2.15. The summed E-state index contributed by atoms with van der Waals surface area (Å²) in [5.41, 5.74) is 2.84. The highest BCUT2D eigenvalue weighted by molar-refractivity contribution is 9.13. The molecule has 2 heterocycles. The van der Waals surface area contributed by atoms with E-state index in [0.29, 0.717) is 5.65 Å². The Morgan fingerprint density at radius 1 is 1.10 bits per heavy atom. The fraction of sp³-hybridized carbons (Fsp3) is 0. The minimum absolute atomic E-state index is 0.185. The van der Waals surface area contributed by atoms with Crippen LogP contribution < -0.4 is 5.69 Å². The summed E-state index contributed by atoms with van der Waals surface area (Å²) in [7, 11) is 0. The van der Waals surface area contributed by atoms with Gasteiger partial charge < -0.3 is 4.98 Å². The van der Waals surface area contributed by atoms with Crippen LogP contribution in [0, 0.1) is 0 Å². The summed E-state index contributed by atoms with van der Waals surface area (Å²) >= 11 is 6.92. The predicted molar refractivity (Wildman–Crippen MR) is 86.2 cm³/mol. The predicted octanol–water partition coefficient (Wildman–Crippen LogP) is 3.85. The second-order valence-corrected chi connectivity index (χ2v) is 6.21. The fourth-order valence-electron chi connectivity index (χ4n) is 2.42. The number of hydrogen-bond donors (Lipinski definition) is 1. The van der Waals surface area contributed by atoms with E-state index in [0.717, 1.165) is 30.9 Å². The van der Waals surface area contributed by atoms with Gasteiger partial charge in [0.05, 0.1) is 16.6 Å². The molecule has 0 saturated heterocycles. The number of aromatic amines is 1. The van der Waals surface area contributed by atoms with Crippen LogP contribution in [0.3, 0.4) is 0 Å². The number of benzene rings is 2. The van der Waals surface area contributed by atoms with Crippen LogP contribution in [-0.2, 0) is 0 Å². The van der Waals surface area contributed by atoms with Gasteiger partial charge in [-0.1, -0.05) is 12.1 Å². The molecule has 0 fully saturated rings. The third kappa shape index (κ3) is 1.58. The maximum atomic E-state index is 12.3. The molecule has 0 aliphatic carbocycles. The summed E-state index contributed by atoms with van der Waals surface area (Å²) in [6, 6.07) is 11.5. The van der Waals surface area contributed by atoms with Gasteiger partial charge in [-0.3, -0.25) is 0 Å². The first-order valence-electron chi connectivity index (χ1n) is 5.93. The number of rotatable bonds is 0. The molecule has 0 amide bonds. The molecular formula is C14H7Br2N3O. The van der Waals surface area contributed by atoms with E-state index in [1.807, 2.05) is 36.4 Å². The molecule has 1 N–H and O–H groups in total. The minimum atomic E-state index is -0.185. The third-order valence-electron chi connectivity index (χ3n) is 3.31. The van der Waals surface area contributed by atoms with E-state index in [1.165, 1.54) is 0 Å². The number of fused-ring (bicyclic) bond motifs is 5. The van der Waals surface area contributed by atoms with Crippen molar-refractivity contribution in [3.63, 3.8) is 0 Å². The number of aromatic nitrogens is 3. The average molecular weight is 393 g/mol. The summed E-state index contributed by atoms with van der Waals surface area (Å²) < 4.78 is 3.41. The van der Waals surface area contributed by atoms with E-state index in [1.54, 1.807) is 4.40 Å². The normalized spacial score (nSPS) is 11.7. The van der Waals surface area contributed by atoms with E-state index >= 15 is 0 Å². The summed E-state index contributed by atoms with van der Waals surface area (Å²) in [4.78, 5) is 19.8. The van der Waals surface area contributed by atoms with Gasteiger partial charge >= 0.3 is 5.69 Å². The number of nitrogens with zero attached hydrogens (tertiary/aromatic N) is 2. The van der Waals surface area contributed by atoms with Gasteiger partial charge in [-0.15, -0.1) is 0 Å². The topological polar surface area (TPSA) is 50.2 Å². The molecule has 0 saturated carbocycles. The largest absolute Gasteiger partial charge is 0.332 e. The van der Waals surface area contributed by atoms with E-state index in [2.05, 4.69) is 41.8 Å². The zero-order valence-corrected chi connectivity index (χ0v) is 13.2. The van der Waals surface area contributed by atoms with Crippen molar-refractivity contribution in [3.05, 3.63) is 55.8 Å². The van der Waals surface area contributed by atoms with Crippen molar-refractivity contribution >= 4 is 59.4 Å². The standard InChI is InChI=1S/C14H7Br2N3O/c15-8-5-11-12(6-9(8)16)19-13(17-11)7-3-1-2-4-10(7)18-14(19)20/h1-6H,(H,18,20). The molecular weight excluding hydrogens is 386 g/mol. The summed E-state index contributed by atoms with van der Waals surface area (Å²) in [5.74, 6) is 0. The van der Waals surface area contributed by atoms with Crippen molar-refractivity contribution in [2.24, 2.45) is 0 Å². The second-order valence-electron chi connectivity index (χ2n) is 4.50. The molecule has 20 heavy (non-hydrogen) atoms. The van der Waals surface area contributed by atoms with Crippen LogP contribution in [-0.4, -0.2) is 14.4 Å². The van der Waals surface area contributed by atoms with Gasteiger partial charge in [0, 0.05) is 14.3 Å². The average Bonchev–Trinajstić information content (AvgIpc) is 2.79. The first-order chi connectivity index (χ1) is 9.65. The molecule has 2 aromatic heterocycles. The van der Waals surface area contributed by atoms with Crippen LogP contribution in [0.1, 0.15) is 0 Å². The van der Waals surface area contributed by atoms with E-state index in [9.17, 15) is 4.79 Å². The number of halogens is 2. The molecule has 0 aliphatic heterocycles. The van der Waals surface area contributed by atoms with Gasteiger partial charge in [0.15, 0.2) is 5.65 Å². The van der Waals surface area contributed by atoms with Crippen LogP contribution in [0.4, 0.5) is 0 Å². The lowest BCUT2D eigenvalue weighted by atomic mass is 10.2. The molecule has 6 heteroatoms. The monoisotopic (exact) mass is 391 g/mol. The summed E-state index contributed by atoms with van der Waals surface area (Å²) in [6.45, 7) is 0. The van der Waals surface area contributed by atoms with Crippen LogP contribution in [0.2, 0.25) is 0 Å². The number of H-pyrrole nitrogens is 1. The maximum absolute atomic E-state index is 12.3. The van der Waals surface area contributed by atoms with Crippen molar-refractivity contribution in [1.29, 1.82) is 0 Å². The van der Waals surface area contributed by atoms with Gasteiger partial charge in [0.2, 0.25) is 0 Å². The number of para-hydroxylation sites is 1. The molecule has 0 spiro atoms. The highest BCUT2D eigenvalue weighted by Gasteiger charge is 2.12. The van der Waals surface area contributed by atoms with Crippen molar-refractivity contribution in [3.8, 4) is 0 Å². The first kappa shape index (κ1) is 12.1.